The van der Waals surface area contributed by atoms with Gasteiger partial charge in [0.15, 0.2) is 0 Å². The summed E-state index contributed by atoms with van der Waals surface area (Å²) in [6, 6.07) is 2.30. The fourth-order valence-corrected chi connectivity index (χ4v) is 5.36. The number of amides is 1. The fourth-order valence-electron chi connectivity index (χ4n) is 5.36. The number of fused-ring (bicyclic) bond motifs is 1. The highest BCUT2D eigenvalue weighted by molar-refractivity contribution is 5.76. The molecule has 0 unspecified atom stereocenters. The molecule has 6 nitrogen and oxygen atoms in total. The van der Waals surface area contributed by atoms with Crippen LogP contribution in [0.2, 0.25) is 0 Å². The Bertz CT molecular complexity index is 687. The van der Waals surface area contributed by atoms with Crippen LogP contribution in [0.5, 0.6) is 0 Å². The lowest BCUT2D eigenvalue weighted by Gasteiger charge is -2.38. The van der Waals surface area contributed by atoms with Gasteiger partial charge in [-0.3, -0.25) is 14.4 Å². The SMILES string of the molecule is CN(C)C(=O)CO[C@H]1C[C@@H]2CN(C3CCC(F)(F)CC3)C[C@@H]2C[C@@H]1n1cccn1. The minimum Gasteiger partial charge on any atom is -0.366 e. The summed E-state index contributed by atoms with van der Waals surface area (Å²) >= 11 is 0. The molecule has 0 aromatic carbocycles. The molecule has 2 saturated carbocycles. The second-order valence-corrected chi connectivity index (χ2v) is 9.22. The van der Waals surface area contributed by atoms with E-state index in [1.54, 1.807) is 25.2 Å². The van der Waals surface area contributed by atoms with Gasteiger partial charge in [-0.2, -0.15) is 5.10 Å². The minimum atomic E-state index is -2.48. The Balaban J connectivity index is 1.42. The number of nitrogens with zero attached hydrogens (tertiary/aromatic N) is 4. The van der Waals surface area contributed by atoms with Crippen molar-refractivity contribution >= 4 is 5.91 Å². The Morgan fingerprint density at radius 2 is 1.90 bits per heavy atom. The molecule has 1 saturated heterocycles. The Labute approximate surface area is 171 Å². The third kappa shape index (κ3) is 4.63. The third-order valence-electron chi connectivity index (χ3n) is 7.10. The molecule has 3 aliphatic rings. The van der Waals surface area contributed by atoms with Gasteiger partial charge in [-0.15, -0.1) is 0 Å². The van der Waals surface area contributed by atoms with Crippen LogP contribution in [-0.4, -0.2) is 77.3 Å². The van der Waals surface area contributed by atoms with Crippen LogP contribution in [0.25, 0.3) is 0 Å². The molecule has 2 heterocycles. The van der Waals surface area contributed by atoms with Gasteiger partial charge >= 0.3 is 0 Å². The van der Waals surface area contributed by atoms with Crippen LogP contribution in [0.3, 0.4) is 0 Å². The molecule has 0 bridgehead atoms. The number of hydrogen-bond acceptors (Lipinski definition) is 4. The Morgan fingerprint density at radius 1 is 1.21 bits per heavy atom. The summed E-state index contributed by atoms with van der Waals surface area (Å²) in [4.78, 5) is 16.0. The first-order valence-electron chi connectivity index (χ1n) is 10.7. The van der Waals surface area contributed by atoms with Crippen molar-refractivity contribution in [2.75, 3.05) is 33.8 Å². The number of rotatable bonds is 5. The number of alkyl halides is 2. The first-order valence-corrected chi connectivity index (χ1v) is 10.7. The van der Waals surface area contributed by atoms with Crippen LogP contribution >= 0.6 is 0 Å². The predicted octanol–water partition coefficient (Wildman–Crippen LogP) is 2.82. The fraction of sp³-hybridized carbons (Fsp3) is 0.810. The Hall–Kier alpha value is -1.54. The maximum absolute atomic E-state index is 13.6. The van der Waals surface area contributed by atoms with E-state index in [1.807, 2.05) is 16.9 Å². The Morgan fingerprint density at radius 3 is 2.52 bits per heavy atom. The standard InChI is InChI=1S/C21H32F2N4O2/c1-25(2)20(28)14-29-19-11-16-13-26(17-4-6-21(22,23)7-5-17)12-15(16)10-18(19)27-9-3-8-24-27/h3,8-9,15-19H,4-7,10-14H2,1-2H3/t15-,16+,18-,19-/m0/s1. The molecule has 0 N–H and O–H groups in total. The largest absolute Gasteiger partial charge is 0.366 e. The van der Waals surface area contributed by atoms with Gasteiger partial charge in [0.05, 0.1) is 12.1 Å². The molecule has 1 aromatic rings. The highest BCUT2D eigenvalue weighted by Gasteiger charge is 2.46. The maximum atomic E-state index is 13.6. The van der Waals surface area contributed by atoms with E-state index in [9.17, 15) is 13.6 Å². The molecule has 0 radical (unpaired) electrons. The average molecular weight is 411 g/mol. The lowest BCUT2D eigenvalue weighted by Crippen LogP contribution is -2.40. The van der Waals surface area contributed by atoms with Gasteiger partial charge < -0.3 is 9.64 Å². The number of likely N-dealkylation sites (tertiary alicyclic amines) is 1. The summed E-state index contributed by atoms with van der Waals surface area (Å²) < 4.78 is 35.2. The third-order valence-corrected chi connectivity index (χ3v) is 7.10. The number of halogens is 2. The van der Waals surface area contributed by atoms with Crippen LogP contribution in [0.4, 0.5) is 8.78 Å². The van der Waals surface area contributed by atoms with Crippen LogP contribution in [0, 0.1) is 11.8 Å². The van der Waals surface area contributed by atoms with Gasteiger partial charge in [0, 0.05) is 58.5 Å². The second-order valence-electron chi connectivity index (χ2n) is 9.22. The molecule has 4 rings (SSSR count). The van der Waals surface area contributed by atoms with E-state index in [4.69, 9.17) is 4.74 Å². The average Bonchev–Trinajstić information content (AvgIpc) is 3.34. The van der Waals surface area contributed by atoms with Crippen molar-refractivity contribution in [3.63, 3.8) is 0 Å². The molecule has 29 heavy (non-hydrogen) atoms. The van der Waals surface area contributed by atoms with Crippen LogP contribution in [0.15, 0.2) is 18.5 Å². The lowest BCUT2D eigenvalue weighted by atomic mass is 9.77. The summed E-state index contributed by atoms with van der Waals surface area (Å²) in [5.74, 6) is -1.51. The van der Waals surface area contributed by atoms with Crippen LogP contribution in [0.1, 0.15) is 44.6 Å². The van der Waals surface area contributed by atoms with E-state index in [2.05, 4.69) is 10.00 Å². The molecule has 162 valence electrons. The zero-order valence-electron chi connectivity index (χ0n) is 17.3. The van der Waals surface area contributed by atoms with Crippen molar-refractivity contribution < 1.29 is 18.3 Å². The molecule has 2 aliphatic carbocycles. The summed E-state index contributed by atoms with van der Waals surface area (Å²) in [6.45, 7) is 2.00. The van der Waals surface area contributed by atoms with Gasteiger partial charge in [0.25, 0.3) is 0 Å². The molecule has 0 spiro atoms. The van der Waals surface area contributed by atoms with E-state index in [0.29, 0.717) is 24.7 Å². The number of carbonyl (C=O) groups is 1. The van der Waals surface area contributed by atoms with Gasteiger partial charge in [-0.25, -0.2) is 8.78 Å². The van der Waals surface area contributed by atoms with Crippen molar-refractivity contribution in [3.8, 4) is 0 Å². The van der Waals surface area contributed by atoms with Crippen molar-refractivity contribution in [1.29, 1.82) is 0 Å². The monoisotopic (exact) mass is 410 g/mol. The molecular weight excluding hydrogens is 378 g/mol. The molecule has 8 heteroatoms. The van der Waals surface area contributed by atoms with Gasteiger partial charge in [0.1, 0.15) is 6.61 Å². The predicted molar refractivity (Wildman–Crippen MR) is 105 cm³/mol. The molecule has 1 aliphatic heterocycles. The summed E-state index contributed by atoms with van der Waals surface area (Å²) in [7, 11) is 3.46. The van der Waals surface area contributed by atoms with E-state index in [1.165, 1.54) is 0 Å². The van der Waals surface area contributed by atoms with E-state index >= 15 is 0 Å². The highest BCUT2D eigenvalue weighted by atomic mass is 19.3. The number of carbonyl (C=O) groups excluding carboxylic acids is 1. The van der Waals surface area contributed by atoms with Gasteiger partial charge in [-0.05, 0) is 43.6 Å². The zero-order chi connectivity index (χ0) is 20.6. The van der Waals surface area contributed by atoms with E-state index in [0.717, 1.165) is 25.9 Å². The van der Waals surface area contributed by atoms with E-state index < -0.39 is 5.92 Å². The number of aromatic nitrogens is 2. The summed E-state index contributed by atoms with van der Waals surface area (Å²) in [5.41, 5.74) is 0. The lowest BCUT2D eigenvalue weighted by molar-refractivity contribution is -0.138. The van der Waals surface area contributed by atoms with Gasteiger partial charge in [-0.1, -0.05) is 0 Å². The van der Waals surface area contributed by atoms with Crippen molar-refractivity contribution in [1.82, 2.24) is 19.6 Å². The van der Waals surface area contributed by atoms with Gasteiger partial charge in [0.2, 0.25) is 11.8 Å². The number of likely N-dealkylation sites (N-methyl/N-ethyl adjacent to an activating group) is 1. The summed E-state index contributed by atoms with van der Waals surface area (Å²) in [6.07, 6.45) is 6.72. The maximum Gasteiger partial charge on any atom is 0.248 e. The van der Waals surface area contributed by atoms with Crippen LogP contribution in [-0.2, 0) is 9.53 Å². The quantitative estimate of drug-likeness (QED) is 0.749. The minimum absolute atomic E-state index is 0.0117. The Kier molecular flexibility index (Phi) is 5.93. The first-order chi connectivity index (χ1) is 13.8. The van der Waals surface area contributed by atoms with Crippen molar-refractivity contribution in [2.45, 2.75) is 62.6 Å². The van der Waals surface area contributed by atoms with Crippen molar-refractivity contribution in [2.24, 2.45) is 11.8 Å². The number of ether oxygens (including phenoxy) is 1. The first kappa shape index (κ1) is 20.7. The second kappa shape index (κ2) is 8.30. The topological polar surface area (TPSA) is 50.6 Å². The number of hydrogen-bond donors (Lipinski definition) is 0. The van der Waals surface area contributed by atoms with Crippen LogP contribution < -0.4 is 0 Å². The molecule has 4 atom stereocenters. The van der Waals surface area contributed by atoms with Crippen molar-refractivity contribution in [3.05, 3.63) is 18.5 Å². The smallest absolute Gasteiger partial charge is 0.248 e. The van der Waals surface area contributed by atoms with E-state index in [-0.39, 0.29) is 43.5 Å². The molecular formula is C21H32F2N4O2. The zero-order valence-corrected chi connectivity index (χ0v) is 17.3. The molecule has 3 fully saturated rings. The molecule has 1 aromatic heterocycles. The summed E-state index contributed by atoms with van der Waals surface area (Å²) in [5, 5.41) is 4.44. The molecule has 1 amide bonds. The normalized spacial score (nSPS) is 32.8. The highest BCUT2D eigenvalue weighted by Crippen LogP contribution is 2.45.